The van der Waals surface area contributed by atoms with Crippen molar-refractivity contribution in [2.45, 2.75) is 31.8 Å². The highest BCUT2D eigenvalue weighted by Crippen LogP contribution is 2.15. The van der Waals surface area contributed by atoms with Crippen LogP contribution in [-0.4, -0.2) is 66.3 Å². The molecule has 4 N–H and O–H groups in total. The number of nitrogens with one attached hydrogen (secondary N) is 1. The fourth-order valence-corrected chi connectivity index (χ4v) is 2.00. The molecule has 1 rings (SSSR count). The van der Waals surface area contributed by atoms with E-state index in [4.69, 9.17) is 15.6 Å². The van der Waals surface area contributed by atoms with Crippen molar-refractivity contribution in [3.8, 4) is 0 Å². The molecule has 0 aromatic rings. The van der Waals surface area contributed by atoms with Gasteiger partial charge in [0.15, 0.2) is 0 Å². The van der Waals surface area contributed by atoms with Crippen molar-refractivity contribution in [2.75, 3.05) is 32.8 Å². The predicted octanol–water partition coefficient (Wildman–Crippen LogP) is -0.985. The molecule has 0 bridgehead atoms. The third kappa shape index (κ3) is 5.14. The normalized spacial score (nSPS) is 18.9. The van der Waals surface area contributed by atoms with Gasteiger partial charge in [-0.1, -0.05) is 0 Å². The van der Waals surface area contributed by atoms with Gasteiger partial charge in [0.25, 0.3) is 0 Å². The van der Waals surface area contributed by atoms with Gasteiger partial charge in [0.1, 0.15) is 0 Å². The van der Waals surface area contributed by atoms with Crippen LogP contribution in [0.5, 0.6) is 0 Å². The summed E-state index contributed by atoms with van der Waals surface area (Å²) in [6.45, 7) is 7.52. The average molecular weight is 273 g/mol. The van der Waals surface area contributed by atoms with E-state index >= 15 is 0 Å². The van der Waals surface area contributed by atoms with Crippen LogP contribution in [0.2, 0.25) is 0 Å². The van der Waals surface area contributed by atoms with Crippen LogP contribution in [0.3, 0.4) is 0 Å². The third-order valence-electron chi connectivity index (χ3n) is 3.29. The van der Waals surface area contributed by atoms with E-state index in [0.29, 0.717) is 19.8 Å². The number of ether oxygens (including phenoxy) is 1. The zero-order chi connectivity index (χ0) is 14.5. The summed E-state index contributed by atoms with van der Waals surface area (Å²) in [5.41, 5.74) is 5.29. The Morgan fingerprint density at radius 1 is 1.42 bits per heavy atom. The van der Waals surface area contributed by atoms with Gasteiger partial charge in [0.2, 0.25) is 5.91 Å². The molecule has 1 aliphatic heterocycles. The maximum atomic E-state index is 11.7. The molecule has 0 aromatic carbocycles. The van der Waals surface area contributed by atoms with Crippen molar-refractivity contribution in [3.05, 3.63) is 0 Å². The van der Waals surface area contributed by atoms with Crippen molar-refractivity contribution in [3.63, 3.8) is 0 Å². The number of nitrogens with two attached hydrogens (primary N) is 1. The third-order valence-corrected chi connectivity index (χ3v) is 3.29. The summed E-state index contributed by atoms with van der Waals surface area (Å²) in [5, 5.41) is 11.3. The topological polar surface area (TPSA) is 105 Å². The second kappa shape index (κ2) is 6.83. The molecule has 0 radical (unpaired) electrons. The highest BCUT2D eigenvalue weighted by molar-refractivity contribution is 5.85. The Balaban J connectivity index is 2.41. The fourth-order valence-electron chi connectivity index (χ4n) is 2.00. The Kier molecular flexibility index (Phi) is 5.71. The van der Waals surface area contributed by atoms with Gasteiger partial charge in [-0.25, -0.2) is 0 Å². The van der Waals surface area contributed by atoms with Gasteiger partial charge in [-0.05, 0) is 13.8 Å². The van der Waals surface area contributed by atoms with Crippen molar-refractivity contribution in [1.29, 1.82) is 0 Å². The zero-order valence-electron chi connectivity index (χ0n) is 11.5. The molecule has 7 nitrogen and oxygen atoms in total. The largest absolute Gasteiger partial charge is 0.481 e. The first-order valence-corrected chi connectivity index (χ1v) is 6.41. The second-order valence-corrected chi connectivity index (χ2v) is 5.33. The van der Waals surface area contributed by atoms with Gasteiger partial charge in [0, 0.05) is 25.2 Å². The van der Waals surface area contributed by atoms with Crippen LogP contribution in [-0.2, 0) is 14.3 Å². The van der Waals surface area contributed by atoms with E-state index in [-0.39, 0.29) is 12.0 Å². The summed E-state index contributed by atoms with van der Waals surface area (Å²) in [4.78, 5) is 24.4. The number of carboxylic acid groups (broad SMARTS) is 1. The summed E-state index contributed by atoms with van der Waals surface area (Å²) >= 11 is 0. The summed E-state index contributed by atoms with van der Waals surface area (Å²) in [5.74, 6) is -1.50. The molecular weight excluding hydrogens is 250 g/mol. The number of carbonyl (C=O) groups excluding carboxylic acids is 1. The molecule has 7 heteroatoms. The minimum Gasteiger partial charge on any atom is -0.481 e. The summed E-state index contributed by atoms with van der Waals surface area (Å²) in [6, 6.07) is -1.00. The zero-order valence-corrected chi connectivity index (χ0v) is 11.5. The van der Waals surface area contributed by atoms with Crippen LogP contribution >= 0.6 is 0 Å². The van der Waals surface area contributed by atoms with Crippen LogP contribution < -0.4 is 11.1 Å². The standard InChI is InChI=1S/C12H23N3O4/c1-12(2,15-3-5-19-6-4-15)8-14-11(18)9(13)7-10(16)17/h9H,3-8,13H2,1-2H3,(H,14,18)(H,16,17). The number of hydrogen-bond acceptors (Lipinski definition) is 5. The average Bonchev–Trinajstić information content (AvgIpc) is 2.36. The molecule has 1 aliphatic rings. The fraction of sp³-hybridized carbons (Fsp3) is 0.833. The quantitative estimate of drug-likeness (QED) is 0.574. The van der Waals surface area contributed by atoms with Gasteiger partial charge >= 0.3 is 5.97 Å². The van der Waals surface area contributed by atoms with E-state index in [9.17, 15) is 9.59 Å². The highest BCUT2D eigenvalue weighted by atomic mass is 16.5. The van der Waals surface area contributed by atoms with Crippen LogP contribution in [0.15, 0.2) is 0 Å². The first-order chi connectivity index (χ1) is 8.83. The number of morpholine rings is 1. The number of rotatable bonds is 6. The lowest BCUT2D eigenvalue weighted by Crippen LogP contribution is -2.56. The summed E-state index contributed by atoms with van der Waals surface area (Å²) < 4.78 is 5.29. The summed E-state index contributed by atoms with van der Waals surface area (Å²) in [7, 11) is 0. The van der Waals surface area contributed by atoms with Gasteiger partial charge in [-0.3, -0.25) is 14.5 Å². The Morgan fingerprint density at radius 2 is 2.00 bits per heavy atom. The van der Waals surface area contributed by atoms with Gasteiger partial charge in [-0.2, -0.15) is 0 Å². The molecule has 110 valence electrons. The monoisotopic (exact) mass is 273 g/mol. The maximum Gasteiger partial charge on any atom is 0.305 e. The Labute approximate surface area is 113 Å². The van der Waals surface area contributed by atoms with E-state index in [1.807, 2.05) is 13.8 Å². The molecule has 1 fully saturated rings. The van der Waals surface area contributed by atoms with Crippen LogP contribution in [0.25, 0.3) is 0 Å². The molecular formula is C12H23N3O4. The lowest BCUT2D eigenvalue weighted by Gasteiger charge is -2.41. The van der Waals surface area contributed by atoms with Crippen molar-refractivity contribution >= 4 is 11.9 Å². The van der Waals surface area contributed by atoms with Gasteiger partial charge < -0.3 is 20.9 Å². The predicted molar refractivity (Wildman–Crippen MR) is 69.7 cm³/mol. The van der Waals surface area contributed by atoms with E-state index in [1.165, 1.54) is 0 Å². The molecule has 0 aliphatic carbocycles. The van der Waals surface area contributed by atoms with Crippen LogP contribution in [0.1, 0.15) is 20.3 Å². The van der Waals surface area contributed by atoms with E-state index in [2.05, 4.69) is 10.2 Å². The van der Waals surface area contributed by atoms with Crippen molar-refractivity contribution in [2.24, 2.45) is 5.73 Å². The lowest BCUT2D eigenvalue weighted by atomic mass is 10.0. The Bertz CT molecular complexity index is 327. The van der Waals surface area contributed by atoms with E-state index in [0.717, 1.165) is 13.1 Å². The molecule has 1 unspecified atom stereocenters. The molecule has 1 heterocycles. The smallest absolute Gasteiger partial charge is 0.305 e. The first kappa shape index (κ1) is 15.9. The minimum absolute atomic E-state index is 0.206. The molecule has 0 saturated carbocycles. The van der Waals surface area contributed by atoms with Crippen LogP contribution in [0.4, 0.5) is 0 Å². The number of nitrogens with zero attached hydrogens (tertiary/aromatic N) is 1. The van der Waals surface area contributed by atoms with E-state index in [1.54, 1.807) is 0 Å². The number of aliphatic carboxylic acids is 1. The van der Waals surface area contributed by atoms with E-state index < -0.39 is 17.9 Å². The number of amides is 1. The van der Waals surface area contributed by atoms with Gasteiger partial charge in [0.05, 0.1) is 25.7 Å². The molecule has 19 heavy (non-hydrogen) atoms. The van der Waals surface area contributed by atoms with Crippen molar-refractivity contribution in [1.82, 2.24) is 10.2 Å². The second-order valence-electron chi connectivity index (χ2n) is 5.33. The number of carboxylic acids is 1. The van der Waals surface area contributed by atoms with Gasteiger partial charge in [-0.15, -0.1) is 0 Å². The van der Waals surface area contributed by atoms with Crippen molar-refractivity contribution < 1.29 is 19.4 Å². The molecule has 0 aromatic heterocycles. The maximum absolute atomic E-state index is 11.7. The SMILES string of the molecule is CC(C)(CNC(=O)C(N)CC(=O)O)N1CCOCC1. The lowest BCUT2D eigenvalue weighted by molar-refractivity contribution is -0.139. The highest BCUT2D eigenvalue weighted by Gasteiger charge is 2.29. The molecule has 1 amide bonds. The van der Waals surface area contributed by atoms with Crippen LogP contribution in [0, 0.1) is 0 Å². The number of hydrogen-bond donors (Lipinski definition) is 3. The first-order valence-electron chi connectivity index (χ1n) is 6.41. The Morgan fingerprint density at radius 3 is 2.53 bits per heavy atom. The minimum atomic E-state index is -1.07. The molecule has 1 atom stereocenters. The Hall–Kier alpha value is -1.18. The molecule has 0 spiro atoms. The summed E-state index contributed by atoms with van der Waals surface area (Å²) in [6.07, 6.45) is -0.357. The number of carbonyl (C=O) groups is 2. The molecule has 1 saturated heterocycles.